The summed E-state index contributed by atoms with van der Waals surface area (Å²) in [6, 6.07) is 15.9. The molecule has 0 saturated carbocycles. The Kier molecular flexibility index (Phi) is 6.67. The standard InChI is InChI=1S/C18H20N4O3/c1-19-16(23)11-20-12-17(24)22-15-10-6-5-9-14(15)18(25)21-13-7-3-2-4-8-13/h2-10,20H,11-12H2,1H3,(H,19,23)(H,21,25)(H,22,24)/p+1. The first kappa shape index (κ1) is 18.2. The minimum atomic E-state index is -0.309. The third kappa shape index (κ3) is 5.74. The predicted octanol–water partition coefficient (Wildman–Crippen LogP) is 0.187. The molecule has 0 saturated heterocycles. The Morgan fingerprint density at radius 1 is 0.840 bits per heavy atom. The lowest BCUT2D eigenvalue weighted by Crippen LogP contribution is -2.88. The lowest BCUT2D eigenvalue weighted by molar-refractivity contribution is -0.632. The van der Waals surface area contributed by atoms with Crippen LogP contribution < -0.4 is 21.3 Å². The number of hydrogen-bond acceptors (Lipinski definition) is 3. The number of anilines is 2. The van der Waals surface area contributed by atoms with E-state index in [1.165, 1.54) is 7.05 Å². The Balaban J connectivity index is 1.98. The molecule has 3 amide bonds. The Labute approximate surface area is 145 Å². The van der Waals surface area contributed by atoms with Crippen molar-refractivity contribution >= 4 is 29.1 Å². The number of para-hydroxylation sites is 2. The number of quaternary nitrogens is 1. The van der Waals surface area contributed by atoms with Crippen molar-refractivity contribution in [3.8, 4) is 0 Å². The van der Waals surface area contributed by atoms with Crippen molar-refractivity contribution in [1.29, 1.82) is 0 Å². The Morgan fingerprint density at radius 2 is 1.48 bits per heavy atom. The van der Waals surface area contributed by atoms with Gasteiger partial charge in [0, 0.05) is 12.7 Å². The molecule has 2 aromatic rings. The lowest BCUT2D eigenvalue weighted by atomic mass is 10.1. The molecule has 130 valence electrons. The van der Waals surface area contributed by atoms with Gasteiger partial charge in [-0.25, -0.2) is 0 Å². The predicted molar refractivity (Wildman–Crippen MR) is 95.2 cm³/mol. The number of nitrogens with two attached hydrogens (primary N) is 1. The maximum Gasteiger partial charge on any atom is 0.279 e. The smallest absolute Gasteiger partial charge is 0.279 e. The van der Waals surface area contributed by atoms with Crippen LogP contribution in [0.3, 0.4) is 0 Å². The molecule has 0 aromatic heterocycles. The van der Waals surface area contributed by atoms with Crippen LogP contribution in [0.15, 0.2) is 54.6 Å². The average Bonchev–Trinajstić information content (AvgIpc) is 2.62. The summed E-state index contributed by atoms with van der Waals surface area (Å²) in [4.78, 5) is 35.6. The summed E-state index contributed by atoms with van der Waals surface area (Å²) in [7, 11) is 1.54. The monoisotopic (exact) mass is 341 g/mol. The molecule has 0 aliphatic carbocycles. The van der Waals surface area contributed by atoms with Crippen molar-refractivity contribution < 1.29 is 19.7 Å². The quantitative estimate of drug-likeness (QED) is 0.578. The fourth-order valence-electron chi connectivity index (χ4n) is 2.15. The number of carbonyl (C=O) groups is 3. The maximum absolute atomic E-state index is 12.4. The second kappa shape index (κ2) is 9.19. The second-order valence-electron chi connectivity index (χ2n) is 5.28. The summed E-state index contributed by atoms with van der Waals surface area (Å²) in [5, 5.41) is 9.56. The first-order valence-corrected chi connectivity index (χ1v) is 7.87. The zero-order valence-electron chi connectivity index (χ0n) is 13.9. The van der Waals surface area contributed by atoms with Crippen molar-refractivity contribution in [3.63, 3.8) is 0 Å². The second-order valence-corrected chi connectivity index (χ2v) is 5.28. The number of likely N-dealkylation sites (N-methyl/N-ethyl adjacent to an activating group) is 1. The largest absolute Gasteiger partial charge is 0.354 e. The van der Waals surface area contributed by atoms with Gasteiger partial charge in [0.05, 0.1) is 11.3 Å². The van der Waals surface area contributed by atoms with Gasteiger partial charge in [-0.05, 0) is 24.3 Å². The van der Waals surface area contributed by atoms with Crippen LogP contribution in [0.2, 0.25) is 0 Å². The molecular weight excluding hydrogens is 320 g/mol. The van der Waals surface area contributed by atoms with Crippen molar-refractivity contribution in [2.24, 2.45) is 0 Å². The molecule has 0 atom stereocenters. The van der Waals surface area contributed by atoms with E-state index < -0.39 is 0 Å². The van der Waals surface area contributed by atoms with Crippen LogP contribution in [0.5, 0.6) is 0 Å². The van der Waals surface area contributed by atoms with Gasteiger partial charge in [0.1, 0.15) is 0 Å². The Bertz CT molecular complexity index is 747. The zero-order valence-corrected chi connectivity index (χ0v) is 13.9. The molecule has 2 rings (SSSR count). The normalized spacial score (nSPS) is 9.96. The average molecular weight is 341 g/mol. The van der Waals surface area contributed by atoms with Crippen LogP contribution >= 0.6 is 0 Å². The number of carbonyl (C=O) groups excluding carboxylic acids is 3. The summed E-state index contributed by atoms with van der Waals surface area (Å²) >= 11 is 0. The fraction of sp³-hybridized carbons (Fsp3) is 0.167. The summed E-state index contributed by atoms with van der Waals surface area (Å²) in [5.41, 5.74) is 1.47. The van der Waals surface area contributed by atoms with E-state index in [2.05, 4.69) is 16.0 Å². The van der Waals surface area contributed by atoms with E-state index in [1.807, 2.05) is 18.2 Å². The first-order valence-electron chi connectivity index (χ1n) is 7.87. The molecule has 0 unspecified atom stereocenters. The molecular formula is C18H21N4O3+. The highest BCUT2D eigenvalue weighted by Crippen LogP contribution is 2.17. The summed E-state index contributed by atoms with van der Waals surface area (Å²) in [6.07, 6.45) is 0. The third-order valence-corrected chi connectivity index (χ3v) is 3.42. The van der Waals surface area contributed by atoms with Gasteiger partial charge in [0.25, 0.3) is 17.7 Å². The number of amides is 3. The van der Waals surface area contributed by atoms with Crippen molar-refractivity contribution in [1.82, 2.24) is 5.32 Å². The van der Waals surface area contributed by atoms with E-state index in [-0.39, 0.29) is 30.8 Å². The van der Waals surface area contributed by atoms with Gasteiger partial charge in [-0.2, -0.15) is 0 Å². The molecule has 0 heterocycles. The van der Waals surface area contributed by atoms with E-state index in [9.17, 15) is 14.4 Å². The highest BCUT2D eigenvalue weighted by Gasteiger charge is 2.14. The summed E-state index contributed by atoms with van der Waals surface area (Å²) in [5.74, 6) is -0.754. The Morgan fingerprint density at radius 3 is 2.20 bits per heavy atom. The Hall–Kier alpha value is -3.19. The highest BCUT2D eigenvalue weighted by atomic mass is 16.2. The first-order chi connectivity index (χ1) is 12.1. The van der Waals surface area contributed by atoms with Gasteiger partial charge < -0.3 is 21.3 Å². The highest BCUT2D eigenvalue weighted by molar-refractivity contribution is 6.10. The third-order valence-electron chi connectivity index (χ3n) is 3.42. The van der Waals surface area contributed by atoms with Crippen molar-refractivity contribution in [3.05, 3.63) is 60.2 Å². The molecule has 0 aliphatic rings. The van der Waals surface area contributed by atoms with Crippen molar-refractivity contribution in [2.75, 3.05) is 30.8 Å². The molecule has 0 aliphatic heterocycles. The molecule has 2 aromatic carbocycles. The van der Waals surface area contributed by atoms with E-state index >= 15 is 0 Å². The van der Waals surface area contributed by atoms with Gasteiger partial charge in [0.2, 0.25) is 0 Å². The van der Waals surface area contributed by atoms with Gasteiger partial charge in [-0.15, -0.1) is 0 Å². The minimum absolute atomic E-state index is 0.0854. The molecule has 25 heavy (non-hydrogen) atoms. The molecule has 5 N–H and O–H groups in total. The molecule has 0 bridgehead atoms. The number of rotatable bonds is 7. The van der Waals surface area contributed by atoms with Gasteiger partial charge >= 0.3 is 0 Å². The fourth-order valence-corrected chi connectivity index (χ4v) is 2.15. The van der Waals surface area contributed by atoms with Crippen LogP contribution in [0.1, 0.15) is 10.4 Å². The molecule has 0 spiro atoms. The minimum Gasteiger partial charge on any atom is -0.354 e. The zero-order chi connectivity index (χ0) is 18.1. The number of benzene rings is 2. The topological polar surface area (TPSA) is 104 Å². The molecule has 0 radical (unpaired) electrons. The van der Waals surface area contributed by atoms with E-state index in [1.54, 1.807) is 41.7 Å². The number of hydrogen-bond donors (Lipinski definition) is 4. The maximum atomic E-state index is 12.4. The van der Waals surface area contributed by atoms with Gasteiger partial charge in [-0.1, -0.05) is 30.3 Å². The van der Waals surface area contributed by atoms with Gasteiger partial charge in [0.15, 0.2) is 13.1 Å². The van der Waals surface area contributed by atoms with Crippen LogP contribution in [0.4, 0.5) is 11.4 Å². The van der Waals surface area contributed by atoms with E-state index in [0.29, 0.717) is 16.9 Å². The molecule has 7 nitrogen and oxygen atoms in total. The van der Waals surface area contributed by atoms with E-state index in [0.717, 1.165) is 0 Å². The van der Waals surface area contributed by atoms with Gasteiger partial charge in [-0.3, -0.25) is 14.4 Å². The number of nitrogens with one attached hydrogen (secondary N) is 3. The van der Waals surface area contributed by atoms with Crippen LogP contribution in [0.25, 0.3) is 0 Å². The molecule has 0 fully saturated rings. The van der Waals surface area contributed by atoms with E-state index in [4.69, 9.17) is 0 Å². The molecule has 7 heteroatoms. The SMILES string of the molecule is CNC(=O)C[NH2+]CC(=O)Nc1ccccc1C(=O)Nc1ccccc1. The summed E-state index contributed by atoms with van der Waals surface area (Å²) in [6.45, 7) is 0.252. The van der Waals surface area contributed by atoms with Crippen molar-refractivity contribution in [2.45, 2.75) is 0 Å². The van der Waals surface area contributed by atoms with Crippen LogP contribution in [-0.4, -0.2) is 37.9 Å². The van der Waals surface area contributed by atoms with Crippen LogP contribution in [-0.2, 0) is 9.59 Å². The lowest BCUT2D eigenvalue weighted by Gasteiger charge is -2.11. The summed E-state index contributed by atoms with van der Waals surface area (Å²) < 4.78 is 0. The van der Waals surface area contributed by atoms with Crippen LogP contribution in [0, 0.1) is 0 Å².